The van der Waals surface area contributed by atoms with Gasteiger partial charge in [-0.15, -0.1) is 0 Å². The van der Waals surface area contributed by atoms with E-state index in [4.69, 9.17) is 4.74 Å². The van der Waals surface area contributed by atoms with Crippen LogP contribution >= 0.6 is 0 Å². The van der Waals surface area contributed by atoms with E-state index in [9.17, 15) is 14.7 Å². The van der Waals surface area contributed by atoms with E-state index in [2.05, 4.69) is 15.6 Å². The summed E-state index contributed by atoms with van der Waals surface area (Å²) in [5.41, 5.74) is 1.78. The number of hydrogen-bond donors (Lipinski definition) is 4. The normalized spacial score (nSPS) is 11.7. The number of H-pyrrole nitrogens is 1. The monoisotopic (exact) mass is 381 g/mol. The molecule has 1 aromatic heterocycles. The minimum absolute atomic E-state index is 0.198. The van der Waals surface area contributed by atoms with Crippen molar-refractivity contribution in [3.8, 4) is 5.75 Å². The average molecular weight is 381 g/mol. The van der Waals surface area contributed by atoms with Gasteiger partial charge in [-0.25, -0.2) is 9.59 Å². The average Bonchev–Trinajstić information content (AvgIpc) is 3.11. The highest BCUT2D eigenvalue weighted by atomic mass is 16.5. The van der Waals surface area contributed by atoms with Gasteiger partial charge in [0.15, 0.2) is 0 Å². The third kappa shape index (κ3) is 5.26. The molecule has 2 aromatic carbocycles. The van der Waals surface area contributed by atoms with Crippen LogP contribution in [0.2, 0.25) is 0 Å². The van der Waals surface area contributed by atoms with Gasteiger partial charge in [-0.2, -0.15) is 0 Å². The first-order chi connectivity index (χ1) is 13.6. The maximum Gasteiger partial charge on any atom is 0.326 e. The maximum absolute atomic E-state index is 12.0. The van der Waals surface area contributed by atoms with E-state index in [0.29, 0.717) is 19.6 Å². The van der Waals surface area contributed by atoms with Gasteiger partial charge in [0.25, 0.3) is 0 Å². The summed E-state index contributed by atoms with van der Waals surface area (Å²) in [6, 6.07) is 15.5. The molecular formula is C21H23N3O4. The number of aliphatic carboxylic acids is 1. The lowest BCUT2D eigenvalue weighted by atomic mass is 10.1. The van der Waals surface area contributed by atoms with Crippen LogP contribution in [0.5, 0.6) is 5.75 Å². The molecule has 0 saturated heterocycles. The number of carbonyl (C=O) groups excluding carboxylic acids is 1. The van der Waals surface area contributed by atoms with Gasteiger partial charge in [0.2, 0.25) is 0 Å². The summed E-state index contributed by atoms with van der Waals surface area (Å²) in [6.45, 7) is 0.847. The molecule has 3 aromatic rings. The van der Waals surface area contributed by atoms with Crippen LogP contribution < -0.4 is 15.4 Å². The highest BCUT2D eigenvalue weighted by Gasteiger charge is 2.21. The fraction of sp³-hybridized carbons (Fsp3) is 0.238. The zero-order valence-electron chi connectivity index (χ0n) is 15.4. The molecule has 7 heteroatoms. The molecule has 0 fully saturated rings. The van der Waals surface area contributed by atoms with Crippen LogP contribution in [0.1, 0.15) is 12.0 Å². The summed E-state index contributed by atoms with van der Waals surface area (Å²) in [5, 5.41) is 15.6. The number of carboxylic acid groups (broad SMARTS) is 1. The fourth-order valence-corrected chi connectivity index (χ4v) is 2.91. The van der Waals surface area contributed by atoms with Gasteiger partial charge < -0.3 is 25.5 Å². The molecule has 0 aliphatic heterocycles. The molecule has 0 unspecified atom stereocenters. The van der Waals surface area contributed by atoms with Crippen LogP contribution in [-0.2, 0) is 11.2 Å². The van der Waals surface area contributed by atoms with Crippen molar-refractivity contribution in [2.24, 2.45) is 0 Å². The Labute approximate surface area is 162 Å². The van der Waals surface area contributed by atoms with Crippen molar-refractivity contribution in [3.05, 3.63) is 66.4 Å². The van der Waals surface area contributed by atoms with Gasteiger partial charge in [-0.3, -0.25) is 0 Å². The number of benzene rings is 2. The number of para-hydroxylation sites is 2. The van der Waals surface area contributed by atoms with Gasteiger partial charge in [-0.1, -0.05) is 36.4 Å². The molecule has 146 valence electrons. The van der Waals surface area contributed by atoms with Crippen molar-refractivity contribution in [3.63, 3.8) is 0 Å². The molecule has 0 aliphatic carbocycles. The Bertz CT molecular complexity index is 924. The molecule has 2 amide bonds. The zero-order valence-corrected chi connectivity index (χ0v) is 15.4. The number of amides is 2. The predicted molar refractivity (Wildman–Crippen MR) is 107 cm³/mol. The van der Waals surface area contributed by atoms with Crippen molar-refractivity contribution in [2.75, 3.05) is 13.2 Å². The van der Waals surface area contributed by atoms with Gasteiger partial charge in [-0.05, 0) is 30.2 Å². The largest absolute Gasteiger partial charge is 0.494 e. The first kappa shape index (κ1) is 19.3. The van der Waals surface area contributed by atoms with E-state index >= 15 is 0 Å². The van der Waals surface area contributed by atoms with E-state index in [0.717, 1.165) is 22.2 Å². The summed E-state index contributed by atoms with van der Waals surface area (Å²) in [4.78, 5) is 26.7. The second-order valence-corrected chi connectivity index (χ2v) is 6.37. The third-order valence-electron chi connectivity index (χ3n) is 4.32. The highest BCUT2D eigenvalue weighted by molar-refractivity contribution is 5.86. The number of nitrogens with one attached hydrogen (secondary N) is 3. The van der Waals surface area contributed by atoms with Crippen molar-refractivity contribution in [2.45, 2.75) is 18.9 Å². The second kappa shape index (κ2) is 9.45. The predicted octanol–water partition coefficient (Wildman–Crippen LogP) is 2.93. The topological polar surface area (TPSA) is 103 Å². The molecule has 0 radical (unpaired) electrons. The number of urea groups is 1. The van der Waals surface area contributed by atoms with Crippen LogP contribution in [0.4, 0.5) is 4.79 Å². The summed E-state index contributed by atoms with van der Waals surface area (Å²) in [5.74, 6) is -0.301. The van der Waals surface area contributed by atoms with Gasteiger partial charge in [0.05, 0.1) is 6.61 Å². The van der Waals surface area contributed by atoms with Gasteiger partial charge in [0.1, 0.15) is 11.8 Å². The number of hydrogen-bond acceptors (Lipinski definition) is 3. The summed E-state index contributed by atoms with van der Waals surface area (Å²) in [7, 11) is 0. The number of rotatable bonds is 9. The van der Waals surface area contributed by atoms with E-state index in [1.54, 1.807) is 6.20 Å². The summed E-state index contributed by atoms with van der Waals surface area (Å²) >= 11 is 0. The lowest BCUT2D eigenvalue weighted by Gasteiger charge is -2.15. The van der Waals surface area contributed by atoms with E-state index in [-0.39, 0.29) is 6.42 Å². The fourth-order valence-electron chi connectivity index (χ4n) is 2.91. The minimum Gasteiger partial charge on any atom is -0.494 e. The molecule has 7 nitrogen and oxygen atoms in total. The van der Waals surface area contributed by atoms with Crippen LogP contribution in [0.15, 0.2) is 60.8 Å². The van der Waals surface area contributed by atoms with Gasteiger partial charge in [0, 0.05) is 30.1 Å². The molecule has 3 rings (SSSR count). The molecule has 28 heavy (non-hydrogen) atoms. The SMILES string of the molecule is O=C(NCCCOc1ccccc1)N[C@@H](Cc1c[nH]c2ccccc12)C(=O)O. The Morgan fingerprint density at radius 1 is 1.07 bits per heavy atom. The highest BCUT2D eigenvalue weighted by Crippen LogP contribution is 2.19. The third-order valence-corrected chi connectivity index (χ3v) is 4.32. The minimum atomic E-state index is -1.08. The summed E-state index contributed by atoms with van der Waals surface area (Å²) < 4.78 is 5.55. The lowest BCUT2D eigenvalue weighted by Crippen LogP contribution is -2.47. The smallest absolute Gasteiger partial charge is 0.326 e. The Morgan fingerprint density at radius 2 is 1.82 bits per heavy atom. The molecule has 0 spiro atoms. The Morgan fingerprint density at radius 3 is 2.61 bits per heavy atom. The maximum atomic E-state index is 12.0. The van der Waals surface area contributed by atoms with Crippen molar-refractivity contribution < 1.29 is 19.4 Å². The Hall–Kier alpha value is -3.48. The van der Waals surface area contributed by atoms with E-state index < -0.39 is 18.0 Å². The van der Waals surface area contributed by atoms with E-state index in [1.165, 1.54) is 0 Å². The number of carboxylic acids is 1. The summed E-state index contributed by atoms with van der Waals surface area (Å²) in [6.07, 6.45) is 2.59. The first-order valence-corrected chi connectivity index (χ1v) is 9.13. The quantitative estimate of drug-likeness (QED) is 0.428. The van der Waals surface area contributed by atoms with Crippen LogP contribution in [0.25, 0.3) is 10.9 Å². The standard InChI is InChI=1S/C21H23N3O4/c25-20(26)19(13-15-14-23-18-10-5-4-9-17(15)18)24-21(27)22-11-6-12-28-16-7-2-1-3-8-16/h1-5,7-10,14,19,23H,6,11-13H2,(H,25,26)(H2,22,24,27)/t19-/m0/s1. The molecule has 0 saturated carbocycles. The zero-order chi connectivity index (χ0) is 19.8. The first-order valence-electron chi connectivity index (χ1n) is 9.13. The Balaban J connectivity index is 1.44. The molecule has 0 aliphatic rings. The number of ether oxygens (including phenoxy) is 1. The van der Waals surface area contributed by atoms with E-state index in [1.807, 2.05) is 54.6 Å². The molecule has 4 N–H and O–H groups in total. The number of aromatic amines is 1. The number of carbonyl (C=O) groups is 2. The van der Waals surface area contributed by atoms with Crippen LogP contribution in [-0.4, -0.2) is 41.3 Å². The lowest BCUT2D eigenvalue weighted by molar-refractivity contribution is -0.139. The van der Waals surface area contributed by atoms with Crippen LogP contribution in [0.3, 0.4) is 0 Å². The Kier molecular flexibility index (Phi) is 6.51. The second-order valence-electron chi connectivity index (χ2n) is 6.37. The molecule has 1 atom stereocenters. The number of fused-ring (bicyclic) bond motifs is 1. The van der Waals surface area contributed by atoms with Crippen LogP contribution in [0, 0.1) is 0 Å². The molecule has 0 bridgehead atoms. The molecular weight excluding hydrogens is 358 g/mol. The van der Waals surface area contributed by atoms with Crippen molar-refractivity contribution >= 4 is 22.9 Å². The van der Waals surface area contributed by atoms with Crippen molar-refractivity contribution in [1.82, 2.24) is 15.6 Å². The number of aromatic nitrogens is 1. The molecule has 1 heterocycles. The van der Waals surface area contributed by atoms with Crippen molar-refractivity contribution in [1.29, 1.82) is 0 Å². The van der Waals surface area contributed by atoms with Gasteiger partial charge >= 0.3 is 12.0 Å².